The molecule has 6 aromatic rings. The zero-order valence-corrected chi connectivity index (χ0v) is 15.7. The van der Waals surface area contributed by atoms with E-state index in [0.717, 1.165) is 43.8 Å². The summed E-state index contributed by atoms with van der Waals surface area (Å²) < 4.78 is 0. The van der Waals surface area contributed by atoms with Gasteiger partial charge in [-0.3, -0.25) is 25.0 Å². The molecule has 0 aliphatic rings. The normalized spacial score (nSPS) is 11.4. The van der Waals surface area contributed by atoms with Crippen LogP contribution in [-0.4, -0.2) is 40.1 Å². The van der Waals surface area contributed by atoms with E-state index >= 15 is 0 Å². The standard InChI is InChI=1S/C20H12N8S/c1-2-17(29-5-1)12-7-22-9-16-18(12)26-20(25-16)19-11-6-13(15-8-21-3-4-23-15)24-10-14(11)27-28-19/h1-10H,(H,25,26)(H,27,28). The molecule has 0 unspecified atom stereocenters. The molecule has 8 nitrogen and oxygen atoms in total. The van der Waals surface area contributed by atoms with E-state index in [1.165, 1.54) is 0 Å². The SMILES string of the molecule is c1csc(-c2cncc3[nH]c(-c4n[nH]c5cnc(-c6cnccn6)cc45)nc23)c1. The van der Waals surface area contributed by atoms with E-state index in [9.17, 15) is 0 Å². The molecule has 0 saturated carbocycles. The van der Waals surface area contributed by atoms with Gasteiger partial charge in [0.1, 0.15) is 16.9 Å². The zero-order valence-electron chi connectivity index (χ0n) is 14.9. The fourth-order valence-electron chi connectivity index (χ4n) is 3.33. The molecule has 2 N–H and O–H groups in total. The second kappa shape index (κ2) is 6.28. The highest BCUT2D eigenvalue weighted by molar-refractivity contribution is 7.13. The summed E-state index contributed by atoms with van der Waals surface area (Å²) in [6.07, 6.45) is 10.3. The second-order valence-corrected chi connectivity index (χ2v) is 7.37. The van der Waals surface area contributed by atoms with Crippen molar-refractivity contribution in [3.63, 3.8) is 0 Å². The maximum absolute atomic E-state index is 4.84. The van der Waals surface area contributed by atoms with Crippen LogP contribution in [0.1, 0.15) is 0 Å². The van der Waals surface area contributed by atoms with Gasteiger partial charge in [0.2, 0.25) is 0 Å². The van der Waals surface area contributed by atoms with Gasteiger partial charge in [-0.2, -0.15) is 5.10 Å². The van der Waals surface area contributed by atoms with Gasteiger partial charge < -0.3 is 4.98 Å². The predicted octanol–water partition coefficient (Wildman–Crippen LogP) is 4.08. The largest absolute Gasteiger partial charge is 0.335 e. The highest BCUT2D eigenvalue weighted by Crippen LogP contribution is 2.33. The summed E-state index contributed by atoms with van der Waals surface area (Å²) in [5.74, 6) is 0.674. The lowest BCUT2D eigenvalue weighted by atomic mass is 10.2. The third-order valence-corrected chi connectivity index (χ3v) is 5.58. The molecule has 0 spiro atoms. The maximum Gasteiger partial charge on any atom is 0.159 e. The van der Waals surface area contributed by atoms with Crippen LogP contribution in [0.2, 0.25) is 0 Å². The van der Waals surface area contributed by atoms with Crippen molar-refractivity contribution in [2.24, 2.45) is 0 Å². The van der Waals surface area contributed by atoms with E-state index in [1.807, 2.05) is 23.7 Å². The van der Waals surface area contributed by atoms with Gasteiger partial charge in [-0.15, -0.1) is 11.3 Å². The van der Waals surface area contributed by atoms with E-state index in [4.69, 9.17) is 4.98 Å². The molecule has 138 valence electrons. The third kappa shape index (κ3) is 2.59. The van der Waals surface area contributed by atoms with Gasteiger partial charge in [0.05, 0.1) is 35.3 Å². The quantitative estimate of drug-likeness (QED) is 0.466. The number of nitrogens with one attached hydrogen (secondary N) is 2. The Morgan fingerprint density at radius 2 is 1.90 bits per heavy atom. The molecule has 6 heterocycles. The number of imidazole rings is 1. The van der Waals surface area contributed by atoms with E-state index < -0.39 is 0 Å². The molecular weight excluding hydrogens is 384 g/mol. The van der Waals surface area contributed by atoms with Crippen LogP contribution in [0.25, 0.3) is 55.3 Å². The van der Waals surface area contributed by atoms with Crippen molar-refractivity contribution in [2.75, 3.05) is 0 Å². The summed E-state index contributed by atoms with van der Waals surface area (Å²) in [7, 11) is 0. The highest BCUT2D eigenvalue weighted by atomic mass is 32.1. The minimum absolute atomic E-state index is 0.674. The first kappa shape index (κ1) is 16.0. The number of thiophene rings is 1. The first-order valence-corrected chi connectivity index (χ1v) is 9.73. The molecule has 0 aliphatic heterocycles. The van der Waals surface area contributed by atoms with Gasteiger partial charge in [-0.25, -0.2) is 4.98 Å². The third-order valence-electron chi connectivity index (χ3n) is 4.68. The second-order valence-electron chi connectivity index (χ2n) is 6.42. The topological polar surface area (TPSA) is 109 Å². The first-order chi connectivity index (χ1) is 14.4. The number of rotatable bonds is 3. The molecule has 9 heteroatoms. The minimum Gasteiger partial charge on any atom is -0.335 e. The Bertz CT molecular complexity index is 1450. The van der Waals surface area contributed by atoms with Crippen LogP contribution in [0.15, 0.2) is 60.8 Å². The molecule has 0 radical (unpaired) electrons. The molecule has 0 atom stereocenters. The summed E-state index contributed by atoms with van der Waals surface area (Å²) >= 11 is 1.66. The Kier molecular flexibility index (Phi) is 3.47. The van der Waals surface area contributed by atoms with Crippen molar-refractivity contribution in [3.05, 3.63) is 60.8 Å². The fraction of sp³-hybridized carbons (Fsp3) is 0. The molecule has 0 saturated heterocycles. The Balaban J connectivity index is 1.53. The lowest BCUT2D eigenvalue weighted by molar-refractivity contribution is 1.10. The lowest BCUT2D eigenvalue weighted by Gasteiger charge is -1.99. The fourth-order valence-corrected chi connectivity index (χ4v) is 4.06. The van der Waals surface area contributed by atoms with Crippen LogP contribution in [0.4, 0.5) is 0 Å². The van der Waals surface area contributed by atoms with E-state index in [0.29, 0.717) is 11.5 Å². The van der Waals surface area contributed by atoms with E-state index in [2.05, 4.69) is 41.2 Å². The molecular formula is C20H12N8S. The summed E-state index contributed by atoms with van der Waals surface area (Å²) in [4.78, 5) is 26.6. The Morgan fingerprint density at radius 3 is 2.76 bits per heavy atom. The lowest BCUT2D eigenvalue weighted by Crippen LogP contribution is -1.88. The first-order valence-electron chi connectivity index (χ1n) is 8.85. The number of aromatic amines is 2. The zero-order chi connectivity index (χ0) is 19.2. The van der Waals surface area contributed by atoms with Gasteiger partial charge in [0.25, 0.3) is 0 Å². The maximum atomic E-state index is 4.84. The smallest absolute Gasteiger partial charge is 0.159 e. The average Bonchev–Trinajstić information content (AvgIpc) is 3.52. The summed E-state index contributed by atoms with van der Waals surface area (Å²) in [5, 5.41) is 10.5. The summed E-state index contributed by atoms with van der Waals surface area (Å²) in [6, 6.07) is 6.04. The van der Waals surface area contributed by atoms with Gasteiger partial charge in [0.15, 0.2) is 5.82 Å². The van der Waals surface area contributed by atoms with Gasteiger partial charge >= 0.3 is 0 Å². The number of aromatic nitrogens is 8. The van der Waals surface area contributed by atoms with Crippen LogP contribution in [0.5, 0.6) is 0 Å². The van der Waals surface area contributed by atoms with Crippen molar-refractivity contribution in [1.82, 2.24) is 40.1 Å². The molecule has 29 heavy (non-hydrogen) atoms. The number of hydrogen-bond donors (Lipinski definition) is 2. The molecule has 0 amide bonds. The van der Waals surface area contributed by atoms with E-state index in [-0.39, 0.29) is 0 Å². The molecule has 6 rings (SSSR count). The van der Waals surface area contributed by atoms with Crippen LogP contribution in [0.3, 0.4) is 0 Å². The number of pyridine rings is 2. The molecule has 0 aromatic carbocycles. The van der Waals surface area contributed by atoms with Gasteiger partial charge in [0, 0.05) is 34.4 Å². The number of H-pyrrole nitrogens is 2. The van der Waals surface area contributed by atoms with Crippen LogP contribution in [0, 0.1) is 0 Å². The summed E-state index contributed by atoms with van der Waals surface area (Å²) in [6.45, 7) is 0. The Labute approximate surface area is 167 Å². The van der Waals surface area contributed by atoms with Crippen molar-refractivity contribution in [2.45, 2.75) is 0 Å². The van der Waals surface area contributed by atoms with Gasteiger partial charge in [-0.1, -0.05) is 6.07 Å². The molecule has 0 aliphatic carbocycles. The van der Waals surface area contributed by atoms with E-state index in [1.54, 1.807) is 42.3 Å². The average molecular weight is 396 g/mol. The predicted molar refractivity (Wildman–Crippen MR) is 111 cm³/mol. The summed E-state index contributed by atoms with van der Waals surface area (Å²) in [5.41, 5.74) is 5.72. The molecule has 0 fully saturated rings. The van der Waals surface area contributed by atoms with Crippen molar-refractivity contribution >= 4 is 33.3 Å². The number of fused-ring (bicyclic) bond motifs is 2. The minimum atomic E-state index is 0.674. The van der Waals surface area contributed by atoms with Crippen LogP contribution >= 0.6 is 11.3 Å². The number of nitrogens with zero attached hydrogens (tertiary/aromatic N) is 6. The van der Waals surface area contributed by atoms with Gasteiger partial charge in [-0.05, 0) is 17.5 Å². The Hall–Kier alpha value is -3.98. The van der Waals surface area contributed by atoms with Crippen molar-refractivity contribution in [3.8, 4) is 33.3 Å². The number of hydrogen-bond acceptors (Lipinski definition) is 7. The highest BCUT2D eigenvalue weighted by Gasteiger charge is 2.17. The molecule has 6 aromatic heterocycles. The van der Waals surface area contributed by atoms with Crippen LogP contribution < -0.4 is 0 Å². The monoisotopic (exact) mass is 396 g/mol. The van der Waals surface area contributed by atoms with Crippen molar-refractivity contribution in [1.29, 1.82) is 0 Å². The van der Waals surface area contributed by atoms with Crippen molar-refractivity contribution < 1.29 is 0 Å². The van der Waals surface area contributed by atoms with Crippen LogP contribution in [-0.2, 0) is 0 Å². The Morgan fingerprint density at radius 1 is 0.897 bits per heavy atom. The molecule has 0 bridgehead atoms.